The number of methoxy groups -OCH3 is 1. The molecule has 0 aliphatic heterocycles. The maximum absolute atomic E-state index is 11.8. The lowest BCUT2D eigenvalue weighted by atomic mass is 10.2. The maximum Gasteiger partial charge on any atom is 0.342 e. The van der Waals surface area contributed by atoms with Gasteiger partial charge >= 0.3 is 12.0 Å². The first-order valence-electron chi connectivity index (χ1n) is 6.50. The lowest BCUT2D eigenvalue weighted by Crippen LogP contribution is -2.42. The molecule has 0 heterocycles. The van der Waals surface area contributed by atoms with Gasteiger partial charge in [0.25, 0.3) is 5.91 Å². The summed E-state index contributed by atoms with van der Waals surface area (Å²) in [6, 6.07) is 6.08. The molecule has 0 atom stereocenters. The SMILES string of the molecule is COc1ccccc1C(=O)OCC(=O)NC(=O)NC1CC1. The van der Waals surface area contributed by atoms with Crippen LogP contribution in [0.25, 0.3) is 0 Å². The van der Waals surface area contributed by atoms with Crippen LogP contribution in [-0.4, -0.2) is 37.7 Å². The maximum atomic E-state index is 11.8. The van der Waals surface area contributed by atoms with E-state index in [1.165, 1.54) is 13.2 Å². The Hall–Kier alpha value is -2.57. The molecule has 2 N–H and O–H groups in total. The van der Waals surface area contributed by atoms with Gasteiger partial charge in [-0.25, -0.2) is 9.59 Å². The molecule has 1 aliphatic carbocycles. The van der Waals surface area contributed by atoms with Crippen molar-refractivity contribution in [3.05, 3.63) is 29.8 Å². The molecule has 21 heavy (non-hydrogen) atoms. The molecule has 0 spiro atoms. The van der Waals surface area contributed by atoms with Crippen molar-refractivity contribution in [3.63, 3.8) is 0 Å². The Morgan fingerprint density at radius 3 is 2.62 bits per heavy atom. The number of carbonyl (C=O) groups is 3. The molecule has 0 saturated heterocycles. The van der Waals surface area contributed by atoms with E-state index in [4.69, 9.17) is 9.47 Å². The van der Waals surface area contributed by atoms with Crippen molar-refractivity contribution < 1.29 is 23.9 Å². The number of carbonyl (C=O) groups excluding carboxylic acids is 3. The molecule has 1 aliphatic rings. The van der Waals surface area contributed by atoms with Crippen LogP contribution < -0.4 is 15.4 Å². The summed E-state index contributed by atoms with van der Waals surface area (Å²) in [5, 5.41) is 4.68. The van der Waals surface area contributed by atoms with Gasteiger partial charge in [0.1, 0.15) is 11.3 Å². The van der Waals surface area contributed by atoms with E-state index in [9.17, 15) is 14.4 Å². The number of imide groups is 1. The Morgan fingerprint density at radius 1 is 1.24 bits per heavy atom. The second kappa shape index (κ2) is 6.74. The van der Waals surface area contributed by atoms with Gasteiger partial charge in [-0.15, -0.1) is 0 Å². The summed E-state index contributed by atoms with van der Waals surface area (Å²) < 4.78 is 9.87. The zero-order valence-electron chi connectivity index (χ0n) is 11.5. The third-order valence-electron chi connectivity index (χ3n) is 2.83. The Balaban J connectivity index is 1.79. The molecule has 1 saturated carbocycles. The van der Waals surface area contributed by atoms with Gasteiger partial charge in [-0.05, 0) is 25.0 Å². The lowest BCUT2D eigenvalue weighted by Gasteiger charge is -2.08. The van der Waals surface area contributed by atoms with E-state index in [1.807, 2.05) is 0 Å². The molecular formula is C14H16N2O5. The van der Waals surface area contributed by atoms with Crippen molar-refractivity contribution in [1.82, 2.24) is 10.6 Å². The van der Waals surface area contributed by atoms with Gasteiger partial charge in [0, 0.05) is 6.04 Å². The normalized spacial score (nSPS) is 13.2. The zero-order valence-corrected chi connectivity index (χ0v) is 11.5. The molecule has 0 unspecified atom stereocenters. The smallest absolute Gasteiger partial charge is 0.342 e. The number of hydrogen-bond acceptors (Lipinski definition) is 5. The minimum Gasteiger partial charge on any atom is -0.496 e. The van der Waals surface area contributed by atoms with Crippen LogP contribution in [-0.2, 0) is 9.53 Å². The summed E-state index contributed by atoms with van der Waals surface area (Å²) in [7, 11) is 1.43. The predicted octanol–water partition coefficient (Wildman–Crippen LogP) is 0.840. The summed E-state index contributed by atoms with van der Waals surface area (Å²) in [5.41, 5.74) is 0.218. The van der Waals surface area contributed by atoms with E-state index in [2.05, 4.69) is 10.6 Å². The first-order chi connectivity index (χ1) is 10.1. The number of rotatable bonds is 5. The van der Waals surface area contributed by atoms with Crippen molar-refractivity contribution in [2.24, 2.45) is 0 Å². The minimum absolute atomic E-state index is 0.147. The van der Waals surface area contributed by atoms with Crippen molar-refractivity contribution in [1.29, 1.82) is 0 Å². The molecule has 2 rings (SSSR count). The Bertz CT molecular complexity index is 554. The summed E-state index contributed by atoms with van der Waals surface area (Å²) in [6.45, 7) is -0.533. The Morgan fingerprint density at radius 2 is 1.95 bits per heavy atom. The van der Waals surface area contributed by atoms with Crippen molar-refractivity contribution >= 4 is 17.9 Å². The highest BCUT2D eigenvalue weighted by molar-refractivity contribution is 5.97. The second-order valence-electron chi connectivity index (χ2n) is 4.57. The van der Waals surface area contributed by atoms with Crippen LogP contribution >= 0.6 is 0 Å². The first-order valence-corrected chi connectivity index (χ1v) is 6.50. The molecule has 0 bridgehead atoms. The van der Waals surface area contributed by atoms with E-state index in [0.717, 1.165) is 12.8 Å². The fraction of sp³-hybridized carbons (Fsp3) is 0.357. The van der Waals surface area contributed by atoms with E-state index in [0.29, 0.717) is 5.75 Å². The van der Waals surface area contributed by atoms with E-state index in [-0.39, 0.29) is 11.6 Å². The average molecular weight is 292 g/mol. The van der Waals surface area contributed by atoms with Gasteiger partial charge in [0.2, 0.25) is 0 Å². The van der Waals surface area contributed by atoms with Gasteiger partial charge in [-0.1, -0.05) is 12.1 Å². The molecule has 0 radical (unpaired) electrons. The van der Waals surface area contributed by atoms with Crippen LogP contribution in [0.4, 0.5) is 4.79 Å². The van der Waals surface area contributed by atoms with Crippen LogP contribution in [0.2, 0.25) is 0 Å². The van der Waals surface area contributed by atoms with Gasteiger partial charge < -0.3 is 14.8 Å². The highest BCUT2D eigenvalue weighted by Crippen LogP contribution is 2.18. The highest BCUT2D eigenvalue weighted by atomic mass is 16.5. The average Bonchev–Trinajstić information content (AvgIpc) is 3.28. The second-order valence-corrected chi connectivity index (χ2v) is 4.57. The van der Waals surface area contributed by atoms with Gasteiger partial charge in [0.05, 0.1) is 7.11 Å². The van der Waals surface area contributed by atoms with Crippen LogP contribution in [0.3, 0.4) is 0 Å². The standard InChI is InChI=1S/C14H16N2O5/c1-20-11-5-3-2-4-10(11)13(18)21-8-12(17)16-14(19)15-9-6-7-9/h2-5,9H,6-8H2,1H3,(H2,15,16,17,19). The molecule has 7 heteroatoms. The van der Waals surface area contributed by atoms with Crippen LogP contribution in [0, 0.1) is 0 Å². The van der Waals surface area contributed by atoms with E-state index in [1.54, 1.807) is 18.2 Å². The third-order valence-corrected chi connectivity index (χ3v) is 2.83. The van der Waals surface area contributed by atoms with Crippen LogP contribution in [0.1, 0.15) is 23.2 Å². The molecule has 1 aromatic carbocycles. The lowest BCUT2D eigenvalue weighted by molar-refractivity contribution is -0.123. The molecule has 112 valence electrons. The summed E-state index contributed by atoms with van der Waals surface area (Å²) in [6.07, 6.45) is 1.84. The molecule has 3 amide bonds. The zero-order chi connectivity index (χ0) is 15.2. The number of nitrogens with one attached hydrogen (secondary N) is 2. The van der Waals surface area contributed by atoms with Crippen LogP contribution in [0.15, 0.2) is 24.3 Å². The monoisotopic (exact) mass is 292 g/mol. The van der Waals surface area contributed by atoms with Gasteiger partial charge in [0.15, 0.2) is 6.61 Å². The minimum atomic E-state index is -0.690. The van der Waals surface area contributed by atoms with Gasteiger partial charge in [-0.2, -0.15) is 0 Å². The van der Waals surface area contributed by atoms with Crippen molar-refractivity contribution in [3.8, 4) is 5.75 Å². The van der Waals surface area contributed by atoms with Gasteiger partial charge in [-0.3, -0.25) is 10.1 Å². The predicted molar refractivity (Wildman–Crippen MR) is 73.0 cm³/mol. The molecule has 7 nitrogen and oxygen atoms in total. The number of hydrogen-bond donors (Lipinski definition) is 2. The molecular weight excluding hydrogens is 276 g/mol. The highest BCUT2D eigenvalue weighted by Gasteiger charge is 2.24. The first kappa shape index (κ1) is 14.8. The number of para-hydroxylation sites is 1. The summed E-state index contributed by atoms with van der Waals surface area (Å²) in [5.74, 6) is -1.02. The Labute approximate surface area is 121 Å². The van der Waals surface area contributed by atoms with Crippen molar-refractivity contribution in [2.75, 3.05) is 13.7 Å². The van der Waals surface area contributed by atoms with Crippen molar-refractivity contribution in [2.45, 2.75) is 18.9 Å². The molecule has 1 aromatic rings. The number of urea groups is 1. The summed E-state index contributed by atoms with van der Waals surface area (Å²) in [4.78, 5) is 34.6. The molecule has 1 fully saturated rings. The molecule has 0 aromatic heterocycles. The van der Waals surface area contributed by atoms with Crippen LogP contribution in [0.5, 0.6) is 5.75 Å². The fourth-order valence-corrected chi connectivity index (χ4v) is 1.63. The number of amides is 3. The quantitative estimate of drug-likeness (QED) is 0.784. The Kier molecular flexibility index (Phi) is 4.76. The number of esters is 1. The number of benzene rings is 1. The third kappa shape index (κ3) is 4.48. The fourth-order valence-electron chi connectivity index (χ4n) is 1.63. The van der Waals surface area contributed by atoms with E-state index >= 15 is 0 Å². The number of ether oxygens (including phenoxy) is 2. The van der Waals surface area contributed by atoms with E-state index < -0.39 is 24.5 Å². The summed E-state index contributed by atoms with van der Waals surface area (Å²) >= 11 is 0. The topological polar surface area (TPSA) is 93.7 Å². The largest absolute Gasteiger partial charge is 0.496 e.